The monoisotopic (exact) mass is 410 g/mol. The van der Waals surface area contributed by atoms with Gasteiger partial charge in [-0.1, -0.05) is 0 Å². The molecule has 0 spiro atoms. The number of nitrogens with two attached hydrogens (primary N) is 1. The van der Waals surface area contributed by atoms with Crippen LogP contribution in [-0.2, 0) is 0 Å². The van der Waals surface area contributed by atoms with Crippen molar-refractivity contribution in [1.82, 2.24) is 4.90 Å². The molecule has 3 nitrogen and oxygen atoms in total. The van der Waals surface area contributed by atoms with Crippen molar-refractivity contribution in [3.8, 4) is 0 Å². The van der Waals surface area contributed by atoms with Crippen molar-refractivity contribution in [2.45, 2.75) is 18.9 Å². The van der Waals surface area contributed by atoms with Crippen molar-refractivity contribution in [1.29, 1.82) is 0 Å². The molecule has 0 bridgehead atoms. The Morgan fingerprint density at radius 2 is 2.10 bits per heavy atom. The first-order valence-electron chi connectivity index (χ1n) is 6.56. The molecule has 0 radical (unpaired) electrons. The van der Waals surface area contributed by atoms with Crippen molar-refractivity contribution in [3.05, 3.63) is 33.1 Å². The Balaban J connectivity index is 0.00000147. The standard InChI is InChI=1S/C14H16FIN2O.ClH/c15-11-5-8(1-3-12(11)16)14(19)18-6-9-2-4-13(17)10(9)7-18;/h1,3,5,9-10,13H,2,4,6-7,17H2;1H. The molecule has 1 saturated carbocycles. The third-order valence-corrected chi connectivity index (χ3v) is 5.24. The summed E-state index contributed by atoms with van der Waals surface area (Å²) in [5.41, 5.74) is 6.50. The van der Waals surface area contributed by atoms with E-state index in [0.29, 0.717) is 21.0 Å². The molecule has 1 aliphatic carbocycles. The van der Waals surface area contributed by atoms with Gasteiger partial charge in [-0.2, -0.15) is 0 Å². The molecule has 1 aromatic carbocycles. The summed E-state index contributed by atoms with van der Waals surface area (Å²) in [6, 6.07) is 4.89. The SMILES string of the molecule is Cl.NC1CCC2CN(C(=O)c3ccc(I)c(F)c3)CC12. The van der Waals surface area contributed by atoms with Crippen molar-refractivity contribution in [3.63, 3.8) is 0 Å². The third-order valence-electron chi connectivity index (χ3n) is 4.37. The predicted molar refractivity (Wildman–Crippen MR) is 86.5 cm³/mol. The molecule has 2 aliphatic rings. The lowest BCUT2D eigenvalue weighted by molar-refractivity contribution is 0.0779. The number of hydrogen-bond acceptors (Lipinski definition) is 2. The maximum Gasteiger partial charge on any atom is 0.253 e. The molecule has 3 atom stereocenters. The van der Waals surface area contributed by atoms with E-state index in [1.165, 1.54) is 6.07 Å². The molecule has 2 N–H and O–H groups in total. The van der Waals surface area contributed by atoms with Gasteiger partial charge < -0.3 is 10.6 Å². The second-order valence-electron chi connectivity index (χ2n) is 5.50. The Morgan fingerprint density at radius 1 is 1.35 bits per heavy atom. The van der Waals surface area contributed by atoms with Gasteiger partial charge in [0.15, 0.2) is 0 Å². The minimum absolute atomic E-state index is 0. The van der Waals surface area contributed by atoms with Crippen molar-refractivity contribution in [2.24, 2.45) is 17.6 Å². The summed E-state index contributed by atoms with van der Waals surface area (Å²) in [5, 5.41) is 0. The number of rotatable bonds is 1. The van der Waals surface area contributed by atoms with E-state index in [0.717, 1.165) is 25.9 Å². The Bertz CT molecular complexity index is 528. The van der Waals surface area contributed by atoms with Crippen molar-refractivity contribution >= 4 is 40.9 Å². The van der Waals surface area contributed by atoms with Crippen LogP contribution in [0, 0.1) is 21.2 Å². The van der Waals surface area contributed by atoms with E-state index < -0.39 is 0 Å². The molecule has 6 heteroatoms. The van der Waals surface area contributed by atoms with Gasteiger partial charge in [0, 0.05) is 28.3 Å². The number of likely N-dealkylation sites (tertiary alicyclic amines) is 1. The van der Waals surface area contributed by atoms with E-state index in [4.69, 9.17) is 5.73 Å². The number of nitrogens with zero attached hydrogens (tertiary/aromatic N) is 1. The fraction of sp³-hybridized carbons (Fsp3) is 0.500. The maximum absolute atomic E-state index is 13.5. The molecule has 1 aromatic rings. The maximum atomic E-state index is 13.5. The predicted octanol–water partition coefficient (Wildman–Crippen LogP) is 2.66. The molecular weight excluding hydrogens is 394 g/mol. The number of benzene rings is 1. The zero-order valence-electron chi connectivity index (χ0n) is 10.9. The molecule has 20 heavy (non-hydrogen) atoms. The minimum atomic E-state index is -0.331. The summed E-state index contributed by atoms with van der Waals surface area (Å²) in [7, 11) is 0. The minimum Gasteiger partial charge on any atom is -0.338 e. The molecule has 3 rings (SSSR count). The van der Waals surface area contributed by atoms with Gasteiger partial charge in [0.25, 0.3) is 5.91 Å². The smallest absolute Gasteiger partial charge is 0.253 e. The van der Waals surface area contributed by atoms with Crippen LogP contribution in [0.5, 0.6) is 0 Å². The van der Waals surface area contributed by atoms with Gasteiger partial charge in [-0.3, -0.25) is 4.79 Å². The van der Waals surface area contributed by atoms with Crippen molar-refractivity contribution < 1.29 is 9.18 Å². The first-order chi connectivity index (χ1) is 9.06. The van der Waals surface area contributed by atoms with Crippen LogP contribution in [0.1, 0.15) is 23.2 Å². The van der Waals surface area contributed by atoms with Gasteiger partial charge in [-0.15, -0.1) is 12.4 Å². The van der Waals surface area contributed by atoms with E-state index in [-0.39, 0.29) is 30.2 Å². The Kier molecular flexibility index (Phi) is 4.92. The normalized spacial score (nSPS) is 28.1. The third kappa shape index (κ3) is 2.80. The summed E-state index contributed by atoms with van der Waals surface area (Å²) in [5.74, 6) is 0.560. The van der Waals surface area contributed by atoms with Gasteiger partial charge in [0.1, 0.15) is 5.82 Å². The number of carbonyl (C=O) groups excluding carboxylic acids is 1. The highest BCUT2D eigenvalue weighted by atomic mass is 127. The Morgan fingerprint density at radius 3 is 2.75 bits per heavy atom. The molecule has 2 fully saturated rings. The van der Waals surface area contributed by atoms with Gasteiger partial charge in [0.2, 0.25) is 0 Å². The number of carbonyl (C=O) groups is 1. The van der Waals surface area contributed by atoms with E-state index in [2.05, 4.69) is 0 Å². The van der Waals surface area contributed by atoms with Crippen molar-refractivity contribution in [2.75, 3.05) is 13.1 Å². The topological polar surface area (TPSA) is 46.3 Å². The highest BCUT2D eigenvalue weighted by molar-refractivity contribution is 14.1. The Hall–Kier alpha value is -0.400. The fourth-order valence-electron chi connectivity index (χ4n) is 3.29. The van der Waals surface area contributed by atoms with Crippen LogP contribution < -0.4 is 5.73 Å². The summed E-state index contributed by atoms with van der Waals surface area (Å²) >= 11 is 1.92. The Labute approximate surface area is 137 Å². The average molecular weight is 411 g/mol. The van der Waals surface area contributed by atoms with Gasteiger partial charge in [0.05, 0.1) is 0 Å². The zero-order chi connectivity index (χ0) is 13.6. The largest absolute Gasteiger partial charge is 0.338 e. The second-order valence-corrected chi connectivity index (χ2v) is 6.67. The second kappa shape index (κ2) is 6.15. The van der Waals surface area contributed by atoms with E-state index in [1.807, 2.05) is 27.5 Å². The van der Waals surface area contributed by atoms with E-state index in [9.17, 15) is 9.18 Å². The fourth-order valence-corrected chi connectivity index (χ4v) is 3.62. The molecule has 3 unspecified atom stereocenters. The first-order valence-corrected chi connectivity index (χ1v) is 7.64. The van der Waals surface area contributed by atoms with Crippen LogP contribution in [0.15, 0.2) is 18.2 Å². The molecule has 1 amide bonds. The number of halogens is 3. The molecule has 1 saturated heterocycles. The van der Waals surface area contributed by atoms with E-state index in [1.54, 1.807) is 12.1 Å². The van der Waals surface area contributed by atoms with Crippen LogP contribution in [0.3, 0.4) is 0 Å². The van der Waals surface area contributed by atoms with Crippen LogP contribution in [0.2, 0.25) is 0 Å². The highest BCUT2D eigenvalue weighted by Crippen LogP contribution is 2.37. The highest BCUT2D eigenvalue weighted by Gasteiger charge is 2.42. The van der Waals surface area contributed by atoms with Crippen LogP contribution >= 0.6 is 35.0 Å². The summed E-state index contributed by atoms with van der Waals surface area (Å²) in [4.78, 5) is 14.2. The van der Waals surface area contributed by atoms with Crippen LogP contribution in [0.4, 0.5) is 4.39 Å². The molecular formula is C14H17ClFIN2O. The molecule has 1 heterocycles. The summed E-state index contributed by atoms with van der Waals surface area (Å²) < 4.78 is 14.1. The average Bonchev–Trinajstić information content (AvgIpc) is 2.95. The van der Waals surface area contributed by atoms with Gasteiger partial charge >= 0.3 is 0 Å². The lowest BCUT2D eigenvalue weighted by Crippen LogP contribution is -2.33. The summed E-state index contributed by atoms with van der Waals surface area (Å²) in [6.07, 6.45) is 2.17. The van der Waals surface area contributed by atoms with Crippen LogP contribution in [0.25, 0.3) is 0 Å². The zero-order valence-corrected chi connectivity index (χ0v) is 13.9. The number of fused-ring (bicyclic) bond motifs is 1. The molecule has 1 aliphatic heterocycles. The van der Waals surface area contributed by atoms with E-state index >= 15 is 0 Å². The lowest BCUT2D eigenvalue weighted by atomic mass is 9.98. The van der Waals surface area contributed by atoms with Gasteiger partial charge in [-0.05, 0) is 65.5 Å². The lowest BCUT2D eigenvalue weighted by Gasteiger charge is -2.19. The van der Waals surface area contributed by atoms with Gasteiger partial charge in [-0.25, -0.2) is 4.39 Å². The van der Waals surface area contributed by atoms with Crippen LogP contribution in [-0.4, -0.2) is 29.9 Å². The molecule has 110 valence electrons. The summed E-state index contributed by atoms with van der Waals surface area (Å²) in [6.45, 7) is 1.49. The number of hydrogen-bond donors (Lipinski definition) is 1. The molecule has 0 aromatic heterocycles. The quantitative estimate of drug-likeness (QED) is 0.724. The number of amides is 1. The first kappa shape index (κ1) is 16.0.